The number of hydrogen-bond acceptors (Lipinski definition) is 4. The van der Waals surface area contributed by atoms with E-state index in [0.29, 0.717) is 32.6 Å². The molecule has 2 rings (SSSR count). The average Bonchev–Trinajstić information content (AvgIpc) is 2.69. The molecule has 0 unspecified atom stereocenters. The molecule has 0 saturated heterocycles. The van der Waals surface area contributed by atoms with E-state index in [1.807, 2.05) is 0 Å². The fraction of sp³-hybridized carbons (Fsp3) is 0.214. The van der Waals surface area contributed by atoms with Crippen molar-refractivity contribution in [3.8, 4) is 0 Å². The molecule has 1 heterocycles. The van der Waals surface area contributed by atoms with E-state index in [1.54, 1.807) is 37.7 Å². The number of aryl methyl sites for hydroxylation is 2. The Kier molecular flexibility index (Phi) is 4.73. The summed E-state index contributed by atoms with van der Waals surface area (Å²) in [6.45, 7) is 3.48. The molecule has 2 N–H and O–H groups in total. The van der Waals surface area contributed by atoms with Crippen LogP contribution in [-0.4, -0.2) is 21.6 Å². The van der Waals surface area contributed by atoms with Crippen LogP contribution in [0.2, 0.25) is 10.0 Å². The molecule has 2 aromatic rings. The molecule has 0 aliphatic carbocycles. The van der Waals surface area contributed by atoms with Gasteiger partial charge in [0.2, 0.25) is 0 Å². The molecular formula is C14H14Cl2N4O2. The van der Waals surface area contributed by atoms with E-state index < -0.39 is 5.97 Å². The van der Waals surface area contributed by atoms with E-state index in [0.717, 1.165) is 0 Å². The maximum absolute atomic E-state index is 12.1. The smallest absolute Gasteiger partial charge is 0.369 e. The van der Waals surface area contributed by atoms with E-state index in [9.17, 15) is 4.79 Å². The molecule has 0 aliphatic rings. The van der Waals surface area contributed by atoms with Crippen molar-refractivity contribution in [1.29, 1.82) is 0 Å². The predicted molar refractivity (Wildman–Crippen MR) is 85.3 cm³/mol. The first-order chi connectivity index (χ1) is 10.3. The summed E-state index contributed by atoms with van der Waals surface area (Å²) in [6, 6.07) is 4.73. The Balaban J connectivity index is 2.22. The highest BCUT2D eigenvalue weighted by Gasteiger charge is 2.19. The number of halogens is 2. The predicted octanol–water partition coefficient (Wildman–Crippen LogP) is 2.82. The standard InChI is InChI=1S/C14H14Cl2N4O2/c1-7-12(8(2)20(3)18-7)14(21)22-19-13(17)10-5-4-9(15)6-11(10)16/h4-6H,1-3H3,(H2,17,19). The van der Waals surface area contributed by atoms with Crippen molar-refractivity contribution < 1.29 is 9.63 Å². The first kappa shape index (κ1) is 16.3. The maximum atomic E-state index is 12.1. The second-order valence-electron chi connectivity index (χ2n) is 4.65. The molecule has 22 heavy (non-hydrogen) atoms. The summed E-state index contributed by atoms with van der Waals surface area (Å²) in [6.07, 6.45) is 0. The van der Waals surface area contributed by atoms with Gasteiger partial charge in [-0.1, -0.05) is 28.4 Å². The number of nitrogens with two attached hydrogens (primary N) is 1. The number of oxime groups is 1. The van der Waals surface area contributed by atoms with Crippen molar-refractivity contribution in [3.05, 3.63) is 50.8 Å². The minimum absolute atomic E-state index is 0.0192. The van der Waals surface area contributed by atoms with Gasteiger partial charge in [-0.15, -0.1) is 0 Å². The Labute approximate surface area is 137 Å². The molecule has 8 heteroatoms. The number of carbonyl (C=O) groups is 1. The summed E-state index contributed by atoms with van der Waals surface area (Å²) in [5, 5.41) is 8.56. The van der Waals surface area contributed by atoms with Gasteiger partial charge in [-0.05, 0) is 32.0 Å². The zero-order valence-corrected chi connectivity index (χ0v) is 13.7. The van der Waals surface area contributed by atoms with Crippen molar-refractivity contribution in [1.82, 2.24) is 9.78 Å². The van der Waals surface area contributed by atoms with Gasteiger partial charge >= 0.3 is 5.97 Å². The lowest BCUT2D eigenvalue weighted by Crippen LogP contribution is -2.16. The number of carbonyl (C=O) groups excluding carboxylic acids is 1. The number of benzene rings is 1. The lowest BCUT2D eigenvalue weighted by molar-refractivity contribution is 0.0514. The minimum atomic E-state index is -0.629. The molecule has 1 aromatic carbocycles. The highest BCUT2D eigenvalue weighted by molar-refractivity contribution is 6.36. The summed E-state index contributed by atoms with van der Waals surface area (Å²) in [5.41, 5.74) is 7.81. The summed E-state index contributed by atoms with van der Waals surface area (Å²) in [5.74, 6) is -0.648. The van der Waals surface area contributed by atoms with Crippen LogP contribution >= 0.6 is 23.2 Å². The molecule has 0 amide bonds. The fourth-order valence-corrected chi connectivity index (χ4v) is 2.46. The summed E-state index contributed by atoms with van der Waals surface area (Å²) in [4.78, 5) is 17.0. The van der Waals surface area contributed by atoms with Crippen molar-refractivity contribution in [2.75, 3.05) is 0 Å². The third-order valence-electron chi connectivity index (χ3n) is 3.15. The van der Waals surface area contributed by atoms with Gasteiger partial charge < -0.3 is 10.6 Å². The Morgan fingerprint density at radius 3 is 2.59 bits per heavy atom. The Morgan fingerprint density at radius 1 is 1.36 bits per heavy atom. The summed E-state index contributed by atoms with van der Waals surface area (Å²) in [7, 11) is 1.74. The molecule has 116 valence electrons. The first-order valence-corrected chi connectivity index (χ1v) is 7.07. The SMILES string of the molecule is Cc1nn(C)c(C)c1C(=O)O/N=C(\N)c1ccc(Cl)cc1Cl. The van der Waals surface area contributed by atoms with Gasteiger partial charge in [0.1, 0.15) is 5.56 Å². The molecule has 0 saturated carbocycles. The van der Waals surface area contributed by atoms with Crippen molar-refractivity contribution in [2.24, 2.45) is 17.9 Å². The largest absolute Gasteiger partial charge is 0.380 e. The van der Waals surface area contributed by atoms with Crippen LogP contribution in [0.3, 0.4) is 0 Å². The van der Waals surface area contributed by atoms with E-state index >= 15 is 0 Å². The molecule has 1 aromatic heterocycles. The molecule has 0 fully saturated rings. The number of aromatic nitrogens is 2. The Bertz CT molecular complexity index is 768. The van der Waals surface area contributed by atoms with Crippen molar-refractivity contribution in [2.45, 2.75) is 13.8 Å². The van der Waals surface area contributed by atoms with Crippen LogP contribution in [0.15, 0.2) is 23.4 Å². The minimum Gasteiger partial charge on any atom is -0.380 e. The molecule has 0 atom stereocenters. The zero-order chi connectivity index (χ0) is 16.4. The highest BCUT2D eigenvalue weighted by Crippen LogP contribution is 2.21. The van der Waals surface area contributed by atoms with Crippen LogP contribution in [0, 0.1) is 13.8 Å². The van der Waals surface area contributed by atoms with Gasteiger partial charge in [0.15, 0.2) is 5.84 Å². The van der Waals surface area contributed by atoms with E-state index in [4.69, 9.17) is 33.8 Å². The van der Waals surface area contributed by atoms with Crippen LogP contribution in [-0.2, 0) is 11.9 Å². The monoisotopic (exact) mass is 340 g/mol. The van der Waals surface area contributed by atoms with E-state index in [2.05, 4.69) is 10.3 Å². The fourth-order valence-electron chi connectivity index (χ4n) is 1.95. The molecule has 0 aliphatic heterocycles. The third kappa shape index (κ3) is 3.23. The number of hydrogen-bond donors (Lipinski definition) is 1. The van der Waals surface area contributed by atoms with E-state index in [-0.39, 0.29) is 5.84 Å². The van der Waals surface area contributed by atoms with Gasteiger partial charge in [0, 0.05) is 23.3 Å². The molecule has 0 radical (unpaired) electrons. The second kappa shape index (κ2) is 6.37. The Hall–Kier alpha value is -2.05. The molecule has 0 bridgehead atoms. The lowest BCUT2D eigenvalue weighted by atomic mass is 10.2. The number of amidine groups is 1. The maximum Gasteiger partial charge on any atom is 0.369 e. The van der Waals surface area contributed by atoms with E-state index in [1.165, 1.54) is 6.07 Å². The molecular weight excluding hydrogens is 327 g/mol. The molecule has 0 spiro atoms. The van der Waals surface area contributed by atoms with Gasteiger partial charge in [-0.25, -0.2) is 4.79 Å². The van der Waals surface area contributed by atoms with Crippen molar-refractivity contribution in [3.63, 3.8) is 0 Å². The van der Waals surface area contributed by atoms with Crippen LogP contribution in [0.4, 0.5) is 0 Å². The normalized spacial score (nSPS) is 11.6. The van der Waals surface area contributed by atoms with Crippen LogP contribution in [0.25, 0.3) is 0 Å². The number of rotatable bonds is 3. The van der Waals surface area contributed by atoms with Gasteiger partial charge in [-0.3, -0.25) is 4.68 Å². The first-order valence-electron chi connectivity index (χ1n) is 6.31. The zero-order valence-electron chi connectivity index (χ0n) is 12.2. The second-order valence-corrected chi connectivity index (χ2v) is 5.49. The van der Waals surface area contributed by atoms with Gasteiger partial charge in [-0.2, -0.15) is 5.10 Å². The van der Waals surface area contributed by atoms with Gasteiger partial charge in [0.05, 0.1) is 10.7 Å². The molecule has 6 nitrogen and oxygen atoms in total. The summed E-state index contributed by atoms with van der Waals surface area (Å²) < 4.78 is 1.59. The quantitative estimate of drug-likeness (QED) is 0.403. The Morgan fingerprint density at radius 2 is 2.05 bits per heavy atom. The summed E-state index contributed by atoms with van der Waals surface area (Å²) >= 11 is 11.8. The van der Waals surface area contributed by atoms with Gasteiger partial charge in [0.25, 0.3) is 0 Å². The third-order valence-corrected chi connectivity index (χ3v) is 3.69. The topological polar surface area (TPSA) is 82.5 Å². The van der Waals surface area contributed by atoms with Crippen LogP contribution in [0.1, 0.15) is 27.3 Å². The van der Waals surface area contributed by atoms with Crippen LogP contribution < -0.4 is 5.73 Å². The van der Waals surface area contributed by atoms with Crippen molar-refractivity contribution >= 4 is 35.0 Å². The average molecular weight is 341 g/mol. The van der Waals surface area contributed by atoms with Crippen LogP contribution in [0.5, 0.6) is 0 Å². The number of nitrogens with zero attached hydrogens (tertiary/aromatic N) is 3. The highest BCUT2D eigenvalue weighted by atomic mass is 35.5. The lowest BCUT2D eigenvalue weighted by Gasteiger charge is -2.04.